The van der Waals surface area contributed by atoms with Crippen LogP contribution in [0, 0.1) is 75.0 Å². The van der Waals surface area contributed by atoms with Gasteiger partial charge in [-0.05, 0) is 64.7 Å². The van der Waals surface area contributed by atoms with E-state index in [1.54, 1.807) is 6.07 Å². The second-order valence-electron chi connectivity index (χ2n) is 4.64. The van der Waals surface area contributed by atoms with Crippen molar-refractivity contribution in [2.24, 2.45) is 0 Å². The SMILES string of the molecule is CCOCCOC(=O)/C(C#N)=C\NC[C]1[CH][CH][CH][CH]1.[CH]1[CH][CH][CH][CH]1.[Fe+2]. The van der Waals surface area contributed by atoms with Gasteiger partial charge in [0.25, 0.3) is 0 Å². The molecule has 0 aromatic carbocycles. The predicted molar refractivity (Wildman–Crippen MR) is 91.1 cm³/mol. The van der Waals surface area contributed by atoms with Crippen molar-refractivity contribution in [3.05, 3.63) is 75.5 Å². The fourth-order valence-corrected chi connectivity index (χ4v) is 1.68. The van der Waals surface area contributed by atoms with E-state index < -0.39 is 5.97 Å². The first kappa shape index (κ1) is 24.0. The van der Waals surface area contributed by atoms with Crippen LogP contribution in [0.3, 0.4) is 0 Å². The number of rotatable bonds is 8. The van der Waals surface area contributed by atoms with Gasteiger partial charge >= 0.3 is 23.0 Å². The Morgan fingerprint density at radius 3 is 2.24 bits per heavy atom. The van der Waals surface area contributed by atoms with Crippen LogP contribution in [0.1, 0.15) is 6.92 Å². The molecule has 2 aliphatic carbocycles. The Hall–Kier alpha value is -1.02. The average molecular weight is 382 g/mol. The fourth-order valence-electron chi connectivity index (χ4n) is 1.68. The van der Waals surface area contributed by atoms with E-state index >= 15 is 0 Å². The summed E-state index contributed by atoms with van der Waals surface area (Å²) in [5, 5.41) is 11.8. The number of nitrogens with one attached hydrogen (secondary N) is 1. The number of carbonyl (C=O) groups excluding carboxylic acids is 1. The zero-order valence-electron chi connectivity index (χ0n) is 14.1. The van der Waals surface area contributed by atoms with Gasteiger partial charge in [-0.25, -0.2) is 4.79 Å². The minimum Gasteiger partial charge on any atom is -0.459 e. The third-order valence-electron chi connectivity index (χ3n) is 2.85. The van der Waals surface area contributed by atoms with E-state index in [0.717, 1.165) is 5.92 Å². The Bertz CT molecular complexity index is 404. The maximum Gasteiger partial charge on any atom is 2.00 e. The van der Waals surface area contributed by atoms with Crippen molar-refractivity contribution >= 4 is 5.97 Å². The Labute approximate surface area is 163 Å². The number of ether oxygens (including phenoxy) is 2. The molecule has 0 saturated heterocycles. The first-order valence-corrected chi connectivity index (χ1v) is 7.73. The Kier molecular flexibility index (Phi) is 15.8. The zero-order chi connectivity index (χ0) is 17.5. The maximum absolute atomic E-state index is 11.5. The topological polar surface area (TPSA) is 71.3 Å². The van der Waals surface area contributed by atoms with Gasteiger partial charge in [-0.1, -0.05) is 0 Å². The summed E-state index contributed by atoms with van der Waals surface area (Å²) in [6.45, 7) is 3.47. The Balaban J connectivity index is 0.000000820. The quantitative estimate of drug-likeness (QED) is 0.229. The van der Waals surface area contributed by atoms with E-state index in [9.17, 15) is 4.79 Å². The van der Waals surface area contributed by atoms with Gasteiger partial charge in [-0.2, -0.15) is 5.26 Å². The third kappa shape index (κ3) is 12.0. The number of hydrogen-bond donors (Lipinski definition) is 1. The largest absolute Gasteiger partial charge is 2.00 e. The molecule has 2 fully saturated rings. The van der Waals surface area contributed by atoms with Crippen molar-refractivity contribution in [3.8, 4) is 6.07 Å². The minimum absolute atomic E-state index is 0. The van der Waals surface area contributed by atoms with Crippen LogP contribution < -0.4 is 5.32 Å². The van der Waals surface area contributed by atoms with Crippen LogP contribution in [-0.2, 0) is 31.3 Å². The van der Waals surface area contributed by atoms with E-state index in [4.69, 9.17) is 14.7 Å². The van der Waals surface area contributed by atoms with Crippen LogP contribution in [0.2, 0.25) is 0 Å². The van der Waals surface area contributed by atoms with Gasteiger partial charge in [0.1, 0.15) is 12.7 Å². The molecule has 0 bridgehead atoms. The van der Waals surface area contributed by atoms with Gasteiger partial charge in [-0.3, -0.25) is 0 Å². The summed E-state index contributed by atoms with van der Waals surface area (Å²) in [5.74, 6) is 0.440. The third-order valence-corrected chi connectivity index (χ3v) is 2.85. The molecule has 2 aliphatic rings. The number of esters is 1. The number of nitriles is 1. The molecule has 0 amide bonds. The summed E-state index contributed by atoms with van der Waals surface area (Å²) in [5.41, 5.74) is -0.0527. The molecular formula is C19H22FeN2O3+2. The van der Waals surface area contributed by atoms with Crippen LogP contribution in [0.15, 0.2) is 11.8 Å². The maximum atomic E-state index is 11.5. The van der Waals surface area contributed by atoms with Crippen LogP contribution >= 0.6 is 0 Å². The molecule has 0 aromatic heterocycles. The van der Waals surface area contributed by atoms with E-state index in [1.165, 1.54) is 6.20 Å². The molecule has 0 aliphatic heterocycles. The molecule has 2 rings (SSSR count). The van der Waals surface area contributed by atoms with Gasteiger partial charge in [0.2, 0.25) is 0 Å². The summed E-state index contributed by atoms with van der Waals surface area (Å²) in [6, 6.07) is 1.81. The van der Waals surface area contributed by atoms with Crippen molar-refractivity contribution in [2.75, 3.05) is 26.4 Å². The number of hydrogen-bond acceptors (Lipinski definition) is 5. The van der Waals surface area contributed by atoms with Crippen molar-refractivity contribution in [2.45, 2.75) is 6.92 Å². The standard InChI is InChI=1S/C14H17N2O3.C5H5.Fe/c1-2-18-7-8-19-14(17)13(9-15)11-16-10-12-5-3-4-6-12;1-2-4-5-3-1;/h3-6,11,16H,2,7-8,10H2,1H3;1-5H;/q;;+2/b13-11-;;. The summed E-state index contributed by atoms with van der Waals surface area (Å²) in [7, 11) is 0. The summed E-state index contributed by atoms with van der Waals surface area (Å²) >= 11 is 0. The smallest absolute Gasteiger partial charge is 0.459 e. The van der Waals surface area contributed by atoms with Gasteiger partial charge in [-0.15, -0.1) is 0 Å². The number of nitrogens with zero attached hydrogens (tertiary/aromatic N) is 1. The summed E-state index contributed by atoms with van der Waals surface area (Å²) in [4.78, 5) is 11.5. The van der Waals surface area contributed by atoms with Crippen LogP contribution in [-0.4, -0.2) is 32.3 Å². The van der Waals surface area contributed by atoms with Crippen LogP contribution in [0.5, 0.6) is 0 Å². The molecule has 10 radical (unpaired) electrons. The molecule has 6 heteroatoms. The van der Waals surface area contributed by atoms with E-state index in [1.807, 2.05) is 64.7 Å². The first-order chi connectivity index (χ1) is 11.8. The molecule has 1 N–H and O–H groups in total. The fraction of sp³-hybridized carbons (Fsp3) is 0.263. The van der Waals surface area contributed by atoms with Crippen LogP contribution in [0.4, 0.5) is 0 Å². The van der Waals surface area contributed by atoms with E-state index in [-0.39, 0.29) is 29.2 Å². The number of carbonyl (C=O) groups is 1. The molecule has 2 saturated carbocycles. The van der Waals surface area contributed by atoms with E-state index in [0.29, 0.717) is 19.8 Å². The first-order valence-electron chi connectivity index (χ1n) is 7.73. The van der Waals surface area contributed by atoms with Gasteiger partial charge in [0.15, 0.2) is 5.57 Å². The molecule has 0 spiro atoms. The van der Waals surface area contributed by atoms with Crippen LogP contribution in [0.25, 0.3) is 0 Å². The summed E-state index contributed by atoms with van der Waals surface area (Å²) in [6.07, 6.45) is 19.1. The van der Waals surface area contributed by atoms with Crippen molar-refractivity contribution < 1.29 is 31.3 Å². The average Bonchev–Trinajstić information content (AvgIpc) is 3.31. The molecule has 25 heavy (non-hydrogen) atoms. The van der Waals surface area contributed by atoms with Gasteiger partial charge in [0, 0.05) is 25.3 Å². The van der Waals surface area contributed by atoms with Crippen molar-refractivity contribution in [1.82, 2.24) is 5.32 Å². The van der Waals surface area contributed by atoms with Crippen molar-refractivity contribution in [1.29, 1.82) is 5.26 Å². The molecule has 0 aromatic rings. The predicted octanol–water partition coefficient (Wildman–Crippen LogP) is 1.99. The van der Waals surface area contributed by atoms with E-state index in [2.05, 4.69) is 5.32 Å². The molecule has 132 valence electrons. The Morgan fingerprint density at radius 1 is 1.12 bits per heavy atom. The second-order valence-corrected chi connectivity index (χ2v) is 4.64. The minimum atomic E-state index is -0.641. The Morgan fingerprint density at radius 2 is 1.72 bits per heavy atom. The van der Waals surface area contributed by atoms with Crippen molar-refractivity contribution in [3.63, 3.8) is 0 Å². The monoisotopic (exact) mass is 382 g/mol. The molecule has 0 heterocycles. The molecule has 0 unspecified atom stereocenters. The summed E-state index contributed by atoms with van der Waals surface area (Å²) < 4.78 is 9.92. The molecular weight excluding hydrogens is 360 g/mol. The second kappa shape index (κ2) is 16.4. The molecule has 5 nitrogen and oxygen atoms in total. The van der Waals surface area contributed by atoms with Gasteiger partial charge < -0.3 is 14.8 Å². The molecule has 0 atom stereocenters. The normalized spacial score (nSPS) is 17.0. The zero-order valence-corrected chi connectivity index (χ0v) is 15.2. The van der Waals surface area contributed by atoms with Gasteiger partial charge in [0.05, 0.1) is 6.61 Å².